The zero-order valence-corrected chi connectivity index (χ0v) is 10.9. The topological polar surface area (TPSA) is 32.5 Å². The Morgan fingerprint density at radius 3 is 2.50 bits per heavy atom. The number of hydrogen-bond acceptors (Lipinski definition) is 3. The standard InChI is InChI=1S/C13H27N3/c1-3-4-7-15(2)13(10-14)11-16-8-5-12(13)6-9-16/h12H,3-11,14H2,1-2H3. The highest BCUT2D eigenvalue weighted by Gasteiger charge is 2.47. The Morgan fingerprint density at radius 2 is 2.06 bits per heavy atom. The summed E-state index contributed by atoms with van der Waals surface area (Å²) >= 11 is 0. The molecule has 3 aliphatic rings. The third kappa shape index (κ3) is 2.01. The van der Waals surface area contributed by atoms with E-state index in [1.54, 1.807) is 0 Å². The number of piperidine rings is 3. The maximum Gasteiger partial charge on any atom is 0.0484 e. The lowest BCUT2D eigenvalue weighted by Gasteiger charge is -2.57. The van der Waals surface area contributed by atoms with Crippen LogP contribution in [-0.2, 0) is 0 Å². The molecule has 3 saturated heterocycles. The van der Waals surface area contributed by atoms with Gasteiger partial charge >= 0.3 is 0 Å². The van der Waals surface area contributed by atoms with Gasteiger partial charge in [0, 0.05) is 18.6 Å². The SMILES string of the molecule is CCCCN(C)C1(CN)CN2CCC1CC2. The zero-order valence-electron chi connectivity index (χ0n) is 10.9. The first kappa shape index (κ1) is 12.3. The van der Waals surface area contributed by atoms with Crippen LogP contribution in [0.3, 0.4) is 0 Å². The fourth-order valence-corrected chi connectivity index (χ4v) is 3.58. The molecule has 3 nitrogen and oxygen atoms in total. The highest BCUT2D eigenvalue weighted by Crippen LogP contribution is 2.38. The van der Waals surface area contributed by atoms with E-state index >= 15 is 0 Å². The second-order valence-corrected chi connectivity index (χ2v) is 5.63. The highest BCUT2D eigenvalue weighted by atomic mass is 15.3. The summed E-state index contributed by atoms with van der Waals surface area (Å²) in [5.74, 6) is 0.837. The molecule has 0 aromatic carbocycles. The molecule has 0 aliphatic carbocycles. The Kier molecular flexibility index (Phi) is 3.88. The normalized spacial score (nSPS) is 38.2. The first-order chi connectivity index (χ1) is 7.73. The van der Waals surface area contributed by atoms with Crippen LogP contribution in [0.5, 0.6) is 0 Å². The molecule has 16 heavy (non-hydrogen) atoms. The second kappa shape index (κ2) is 5.03. The highest BCUT2D eigenvalue weighted by molar-refractivity contribution is 5.05. The maximum atomic E-state index is 6.13. The number of nitrogens with two attached hydrogens (primary N) is 1. The summed E-state index contributed by atoms with van der Waals surface area (Å²) in [4.78, 5) is 5.17. The minimum atomic E-state index is 0.283. The Bertz CT molecular complexity index is 223. The van der Waals surface area contributed by atoms with E-state index in [0.717, 1.165) is 12.5 Å². The van der Waals surface area contributed by atoms with Crippen molar-refractivity contribution in [3.05, 3.63) is 0 Å². The van der Waals surface area contributed by atoms with Gasteiger partial charge in [-0.3, -0.25) is 4.90 Å². The Labute approximate surface area is 100.0 Å². The van der Waals surface area contributed by atoms with Crippen LogP contribution in [0.1, 0.15) is 32.6 Å². The predicted molar refractivity (Wildman–Crippen MR) is 68.5 cm³/mol. The lowest BCUT2D eigenvalue weighted by Crippen LogP contribution is -2.69. The first-order valence-electron chi connectivity index (χ1n) is 6.86. The molecule has 3 rings (SSSR count). The molecule has 3 heterocycles. The summed E-state index contributed by atoms with van der Waals surface area (Å²) in [5, 5.41) is 0. The van der Waals surface area contributed by atoms with Crippen LogP contribution in [0.15, 0.2) is 0 Å². The van der Waals surface area contributed by atoms with E-state index in [9.17, 15) is 0 Å². The van der Waals surface area contributed by atoms with Gasteiger partial charge in [-0.2, -0.15) is 0 Å². The molecular weight excluding hydrogens is 198 g/mol. The summed E-state index contributed by atoms with van der Waals surface area (Å²) in [6.45, 7) is 8.10. The summed E-state index contributed by atoms with van der Waals surface area (Å²) < 4.78 is 0. The third-order valence-corrected chi connectivity index (χ3v) is 4.81. The number of rotatable bonds is 5. The number of unbranched alkanes of at least 4 members (excludes halogenated alkanes) is 1. The van der Waals surface area contributed by atoms with Crippen molar-refractivity contribution in [3.8, 4) is 0 Å². The smallest absolute Gasteiger partial charge is 0.0484 e. The van der Waals surface area contributed by atoms with Gasteiger partial charge in [-0.25, -0.2) is 0 Å². The van der Waals surface area contributed by atoms with Crippen molar-refractivity contribution < 1.29 is 0 Å². The van der Waals surface area contributed by atoms with Crippen molar-refractivity contribution in [2.45, 2.75) is 38.1 Å². The predicted octanol–water partition coefficient (Wildman–Crippen LogP) is 1.14. The van der Waals surface area contributed by atoms with Crippen LogP contribution in [0.2, 0.25) is 0 Å². The molecule has 3 heteroatoms. The van der Waals surface area contributed by atoms with Crippen molar-refractivity contribution >= 4 is 0 Å². The fourth-order valence-electron chi connectivity index (χ4n) is 3.58. The van der Waals surface area contributed by atoms with Crippen LogP contribution < -0.4 is 5.73 Å². The average molecular weight is 225 g/mol. The van der Waals surface area contributed by atoms with Gasteiger partial charge in [-0.15, -0.1) is 0 Å². The number of nitrogens with zero attached hydrogens (tertiary/aromatic N) is 2. The van der Waals surface area contributed by atoms with Crippen molar-refractivity contribution in [2.75, 3.05) is 39.8 Å². The molecule has 2 bridgehead atoms. The number of likely N-dealkylation sites (N-methyl/N-ethyl adjacent to an activating group) is 1. The van der Waals surface area contributed by atoms with E-state index in [2.05, 4.69) is 23.8 Å². The lowest BCUT2D eigenvalue weighted by molar-refractivity contribution is -0.0563. The van der Waals surface area contributed by atoms with E-state index < -0.39 is 0 Å². The van der Waals surface area contributed by atoms with Crippen LogP contribution >= 0.6 is 0 Å². The molecule has 0 saturated carbocycles. The van der Waals surface area contributed by atoms with Gasteiger partial charge in [0.05, 0.1) is 0 Å². The Hall–Kier alpha value is -0.120. The fraction of sp³-hybridized carbons (Fsp3) is 1.00. The van der Waals surface area contributed by atoms with Crippen molar-refractivity contribution in [3.63, 3.8) is 0 Å². The second-order valence-electron chi connectivity index (χ2n) is 5.63. The van der Waals surface area contributed by atoms with Crippen molar-refractivity contribution in [1.29, 1.82) is 0 Å². The molecule has 0 radical (unpaired) electrons. The van der Waals surface area contributed by atoms with Gasteiger partial charge in [0.25, 0.3) is 0 Å². The first-order valence-corrected chi connectivity index (χ1v) is 6.86. The Morgan fingerprint density at radius 1 is 1.38 bits per heavy atom. The molecule has 3 fully saturated rings. The zero-order chi connectivity index (χ0) is 11.6. The summed E-state index contributed by atoms with van der Waals surface area (Å²) in [6.07, 6.45) is 5.28. The molecule has 0 amide bonds. The van der Waals surface area contributed by atoms with E-state index in [-0.39, 0.29) is 5.54 Å². The summed E-state index contributed by atoms with van der Waals surface area (Å²) in [6, 6.07) is 0. The minimum Gasteiger partial charge on any atom is -0.329 e. The minimum absolute atomic E-state index is 0.283. The average Bonchev–Trinajstić information content (AvgIpc) is 2.36. The summed E-state index contributed by atoms with van der Waals surface area (Å²) in [7, 11) is 2.28. The van der Waals surface area contributed by atoms with Crippen LogP contribution in [0, 0.1) is 5.92 Å². The lowest BCUT2D eigenvalue weighted by atomic mass is 9.71. The molecule has 0 aromatic rings. The van der Waals surface area contributed by atoms with Gasteiger partial charge in [0.15, 0.2) is 0 Å². The number of fused-ring (bicyclic) bond motifs is 3. The van der Waals surface area contributed by atoms with Crippen LogP contribution in [0.4, 0.5) is 0 Å². The molecule has 2 N–H and O–H groups in total. The van der Waals surface area contributed by atoms with E-state index in [1.165, 1.54) is 51.9 Å². The third-order valence-electron chi connectivity index (χ3n) is 4.81. The van der Waals surface area contributed by atoms with Gasteiger partial charge < -0.3 is 10.6 Å². The Balaban J connectivity index is 2.06. The maximum absolute atomic E-state index is 6.13. The van der Waals surface area contributed by atoms with E-state index in [1.807, 2.05) is 0 Å². The largest absolute Gasteiger partial charge is 0.329 e. The van der Waals surface area contributed by atoms with Crippen LogP contribution in [-0.4, -0.2) is 55.1 Å². The number of hydrogen-bond donors (Lipinski definition) is 1. The van der Waals surface area contributed by atoms with Gasteiger partial charge in [-0.05, 0) is 51.9 Å². The van der Waals surface area contributed by atoms with Gasteiger partial charge in [0.1, 0.15) is 0 Å². The monoisotopic (exact) mass is 225 g/mol. The van der Waals surface area contributed by atoms with Crippen molar-refractivity contribution in [2.24, 2.45) is 11.7 Å². The quantitative estimate of drug-likeness (QED) is 0.761. The van der Waals surface area contributed by atoms with E-state index in [4.69, 9.17) is 5.73 Å². The molecule has 1 unspecified atom stereocenters. The summed E-state index contributed by atoms with van der Waals surface area (Å²) in [5.41, 5.74) is 6.41. The molecule has 1 atom stereocenters. The van der Waals surface area contributed by atoms with E-state index in [0.29, 0.717) is 0 Å². The van der Waals surface area contributed by atoms with Gasteiger partial charge in [0.2, 0.25) is 0 Å². The molecule has 3 aliphatic heterocycles. The molecular formula is C13H27N3. The van der Waals surface area contributed by atoms with Gasteiger partial charge in [-0.1, -0.05) is 13.3 Å². The molecule has 94 valence electrons. The molecule has 0 aromatic heterocycles. The van der Waals surface area contributed by atoms with Crippen LogP contribution in [0.25, 0.3) is 0 Å². The van der Waals surface area contributed by atoms with Crippen molar-refractivity contribution in [1.82, 2.24) is 9.80 Å². The molecule has 0 spiro atoms.